The Labute approximate surface area is 142 Å². The number of aryl methyl sites for hydroxylation is 1. The molecule has 106 valence electrons. The molecule has 1 heterocycles. The maximum Gasteiger partial charge on any atom is 0.161 e. The minimum atomic E-state index is -0.320. The third-order valence-corrected chi connectivity index (χ3v) is 4.32. The molecule has 0 saturated heterocycles. The summed E-state index contributed by atoms with van der Waals surface area (Å²) in [7, 11) is 0. The van der Waals surface area contributed by atoms with Crippen LogP contribution in [-0.4, -0.2) is 9.97 Å². The van der Waals surface area contributed by atoms with Gasteiger partial charge in [-0.3, -0.25) is 0 Å². The zero-order valence-electron chi connectivity index (χ0n) is 10.8. The Kier molecular flexibility index (Phi) is 3.99. The maximum absolute atomic E-state index is 13.6. The van der Waals surface area contributed by atoms with Gasteiger partial charge in [-0.1, -0.05) is 27.5 Å². The van der Waals surface area contributed by atoms with Gasteiger partial charge in [0.2, 0.25) is 0 Å². The Bertz CT molecular complexity index is 848. The standard InChI is InChI=1S/C15H8Br2ClFN2/c1-7-2-8(4-10(19)3-7)15-20-13-11(14(18)21-15)5-9(16)6-12(13)17/h2-6H,1H3. The summed E-state index contributed by atoms with van der Waals surface area (Å²) in [5.74, 6) is 0.0813. The van der Waals surface area contributed by atoms with Gasteiger partial charge in [-0.2, -0.15) is 0 Å². The second-order valence-electron chi connectivity index (χ2n) is 4.64. The first-order chi connectivity index (χ1) is 9.94. The van der Waals surface area contributed by atoms with Crippen molar-refractivity contribution < 1.29 is 4.39 Å². The van der Waals surface area contributed by atoms with E-state index in [2.05, 4.69) is 41.8 Å². The zero-order valence-corrected chi connectivity index (χ0v) is 14.7. The largest absolute Gasteiger partial charge is 0.227 e. The van der Waals surface area contributed by atoms with Crippen LogP contribution in [0.1, 0.15) is 5.56 Å². The molecule has 0 fully saturated rings. The Morgan fingerprint density at radius 1 is 1.05 bits per heavy atom. The molecule has 6 heteroatoms. The number of aromatic nitrogens is 2. The Morgan fingerprint density at radius 2 is 1.81 bits per heavy atom. The van der Waals surface area contributed by atoms with Gasteiger partial charge in [0, 0.05) is 19.9 Å². The van der Waals surface area contributed by atoms with E-state index in [0.29, 0.717) is 22.1 Å². The highest BCUT2D eigenvalue weighted by Crippen LogP contribution is 2.32. The average Bonchev–Trinajstić information content (AvgIpc) is 2.38. The van der Waals surface area contributed by atoms with E-state index in [0.717, 1.165) is 19.9 Å². The van der Waals surface area contributed by atoms with Gasteiger partial charge >= 0.3 is 0 Å². The second-order valence-corrected chi connectivity index (χ2v) is 6.77. The molecule has 21 heavy (non-hydrogen) atoms. The van der Waals surface area contributed by atoms with E-state index in [1.54, 1.807) is 0 Å². The third-order valence-electron chi connectivity index (χ3n) is 2.97. The molecule has 0 aliphatic heterocycles. The molecular formula is C15H8Br2ClFN2. The van der Waals surface area contributed by atoms with Crippen LogP contribution in [0.4, 0.5) is 4.39 Å². The van der Waals surface area contributed by atoms with Gasteiger partial charge in [0.05, 0.1) is 5.52 Å². The quantitative estimate of drug-likeness (QED) is 0.448. The van der Waals surface area contributed by atoms with Gasteiger partial charge in [-0.15, -0.1) is 0 Å². The number of fused-ring (bicyclic) bond motifs is 1. The van der Waals surface area contributed by atoms with Crippen LogP contribution in [0.15, 0.2) is 39.3 Å². The topological polar surface area (TPSA) is 25.8 Å². The van der Waals surface area contributed by atoms with E-state index in [1.165, 1.54) is 12.1 Å². The Morgan fingerprint density at radius 3 is 2.52 bits per heavy atom. The van der Waals surface area contributed by atoms with Crippen molar-refractivity contribution in [3.63, 3.8) is 0 Å². The van der Waals surface area contributed by atoms with Crippen LogP contribution in [0.25, 0.3) is 22.3 Å². The Balaban J connectivity index is 2.30. The van der Waals surface area contributed by atoms with Crippen LogP contribution in [-0.2, 0) is 0 Å². The molecule has 1 aromatic heterocycles. The fourth-order valence-electron chi connectivity index (χ4n) is 2.12. The van der Waals surface area contributed by atoms with Crippen molar-refractivity contribution in [2.45, 2.75) is 6.92 Å². The molecule has 0 spiro atoms. The fraction of sp³-hybridized carbons (Fsp3) is 0.0667. The molecule has 2 nitrogen and oxygen atoms in total. The lowest BCUT2D eigenvalue weighted by Crippen LogP contribution is -1.94. The van der Waals surface area contributed by atoms with Crippen molar-refractivity contribution in [2.24, 2.45) is 0 Å². The first-order valence-electron chi connectivity index (χ1n) is 6.04. The molecule has 0 aliphatic carbocycles. The summed E-state index contributed by atoms with van der Waals surface area (Å²) >= 11 is 13.1. The van der Waals surface area contributed by atoms with Crippen molar-refractivity contribution >= 4 is 54.4 Å². The maximum atomic E-state index is 13.6. The molecule has 0 amide bonds. The summed E-state index contributed by atoms with van der Waals surface area (Å²) in [6.07, 6.45) is 0. The lowest BCUT2D eigenvalue weighted by atomic mass is 10.1. The van der Waals surface area contributed by atoms with Crippen molar-refractivity contribution in [1.82, 2.24) is 9.97 Å². The van der Waals surface area contributed by atoms with Crippen LogP contribution in [0.5, 0.6) is 0 Å². The predicted molar refractivity (Wildman–Crippen MR) is 90.1 cm³/mol. The predicted octanol–water partition coefficient (Wildman–Crippen LogP) is 5.92. The van der Waals surface area contributed by atoms with Crippen LogP contribution >= 0.6 is 43.5 Å². The molecule has 3 aromatic rings. The highest BCUT2D eigenvalue weighted by atomic mass is 79.9. The van der Waals surface area contributed by atoms with Gasteiger partial charge in [0.1, 0.15) is 11.0 Å². The van der Waals surface area contributed by atoms with E-state index in [4.69, 9.17) is 11.6 Å². The summed E-state index contributed by atoms with van der Waals surface area (Å²) in [5, 5.41) is 1.06. The molecular weight excluding hydrogens is 422 g/mol. The first-order valence-corrected chi connectivity index (χ1v) is 8.00. The summed E-state index contributed by atoms with van der Waals surface area (Å²) in [4.78, 5) is 8.78. The smallest absolute Gasteiger partial charge is 0.161 e. The molecule has 2 aromatic carbocycles. The van der Waals surface area contributed by atoms with E-state index in [-0.39, 0.29) is 5.82 Å². The normalized spacial score (nSPS) is 11.1. The summed E-state index contributed by atoms with van der Waals surface area (Å²) in [5.41, 5.74) is 2.10. The Hall–Kier alpha value is -1.04. The van der Waals surface area contributed by atoms with Crippen molar-refractivity contribution in [3.8, 4) is 11.4 Å². The molecule has 3 rings (SSSR count). The number of hydrogen-bond donors (Lipinski definition) is 0. The van der Waals surface area contributed by atoms with Gasteiger partial charge in [-0.05, 0) is 58.7 Å². The summed E-state index contributed by atoms with van der Waals surface area (Å²) in [6.45, 7) is 1.82. The third kappa shape index (κ3) is 2.96. The number of rotatable bonds is 1. The second kappa shape index (κ2) is 5.63. The van der Waals surface area contributed by atoms with Crippen LogP contribution in [0, 0.1) is 12.7 Å². The van der Waals surface area contributed by atoms with E-state index >= 15 is 0 Å². The van der Waals surface area contributed by atoms with Gasteiger partial charge in [0.25, 0.3) is 0 Å². The molecule has 0 radical (unpaired) electrons. The van der Waals surface area contributed by atoms with E-state index < -0.39 is 0 Å². The van der Waals surface area contributed by atoms with Crippen LogP contribution in [0.3, 0.4) is 0 Å². The summed E-state index contributed by atoms with van der Waals surface area (Å²) < 4.78 is 15.2. The van der Waals surface area contributed by atoms with Crippen molar-refractivity contribution in [1.29, 1.82) is 0 Å². The number of nitrogens with zero attached hydrogens (tertiary/aromatic N) is 2. The lowest BCUT2D eigenvalue weighted by Gasteiger charge is -2.08. The summed E-state index contributed by atoms with van der Waals surface area (Å²) in [6, 6.07) is 8.42. The van der Waals surface area contributed by atoms with Crippen molar-refractivity contribution in [3.05, 3.63) is 55.8 Å². The molecule has 0 bridgehead atoms. The first kappa shape index (κ1) is 14.9. The lowest BCUT2D eigenvalue weighted by molar-refractivity contribution is 0.627. The van der Waals surface area contributed by atoms with Crippen LogP contribution < -0.4 is 0 Å². The number of hydrogen-bond acceptors (Lipinski definition) is 2. The van der Waals surface area contributed by atoms with Gasteiger partial charge in [0.15, 0.2) is 5.82 Å². The SMILES string of the molecule is Cc1cc(F)cc(-c2nc(Cl)c3cc(Br)cc(Br)c3n2)c1. The average molecular weight is 431 g/mol. The molecule has 0 unspecified atom stereocenters. The minimum Gasteiger partial charge on any atom is -0.227 e. The van der Waals surface area contributed by atoms with Gasteiger partial charge in [-0.25, -0.2) is 14.4 Å². The fourth-order valence-corrected chi connectivity index (χ4v) is 3.65. The van der Waals surface area contributed by atoms with Crippen molar-refractivity contribution in [2.75, 3.05) is 0 Å². The number of halogens is 4. The highest BCUT2D eigenvalue weighted by molar-refractivity contribution is 9.11. The molecule has 0 atom stereocenters. The van der Waals surface area contributed by atoms with E-state index in [9.17, 15) is 4.39 Å². The minimum absolute atomic E-state index is 0.320. The molecule has 0 aliphatic rings. The highest BCUT2D eigenvalue weighted by Gasteiger charge is 2.12. The molecule has 0 N–H and O–H groups in total. The van der Waals surface area contributed by atoms with Crippen LogP contribution in [0.2, 0.25) is 5.15 Å². The zero-order chi connectivity index (χ0) is 15.1. The van der Waals surface area contributed by atoms with E-state index in [1.807, 2.05) is 25.1 Å². The van der Waals surface area contributed by atoms with Gasteiger partial charge < -0.3 is 0 Å². The molecule has 0 saturated carbocycles. The number of benzene rings is 2. The monoisotopic (exact) mass is 428 g/mol.